The van der Waals surface area contributed by atoms with E-state index in [-0.39, 0.29) is 24.0 Å². The van der Waals surface area contributed by atoms with E-state index in [1.807, 2.05) is 44.2 Å². The second kappa shape index (κ2) is 4.66. The highest BCUT2D eigenvalue weighted by molar-refractivity contribution is 5.77. The largest absolute Gasteiger partial charge is 0.462 e. The molecule has 1 heterocycles. The molecule has 0 aliphatic carbocycles. The minimum Gasteiger partial charge on any atom is -0.462 e. The maximum Gasteiger partial charge on any atom is 0.323 e. The van der Waals surface area contributed by atoms with E-state index in [0.29, 0.717) is 6.61 Å². The van der Waals surface area contributed by atoms with Crippen LogP contribution in [0.3, 0.4) is 0 Å². The Kier molecular flexibility index (Phi) is 3.25. The Labute approximate surface area is 95.8 Å². The van der Waals surface area contributed by atoms with Crippen molar-refractivity contribution in [3.05, 3.63) is 35.9 Å². The van der Waals surface area contributed by atoms with E-state index < -0.39 is 0 Å². The third-order valence-corrected chi connectivity index (χ3v) is 2.90. The Balaban J connectivity index is 2.12. The summed E-state index contributed by atoms with van der Waals surface area (Å²) in [6.45, 7) is 4.46. The van der Waals surface area contributed by atoms with Gasteiger partial charge in [-0.15, -0.1) is 0 Å². The number of rotatable bonds is 2. The van der Waals surface area contributed by atoms with Crippen LogP contribution in [0.2, 0.25) is 0 Å². The molecule has 1 aliphatic heterocycles. The molecule has 0 spiro atoms. The van der Waals surface area contributed by atoms with Gasteiger partial charge in [0.15, 0.2) is 0 Å². The van der Waals surface area contributed by atoms with Crippen molar-refractivity contribution >= 4 is 5.97 Å². The van der Waals surface area contributed by atoms with Crippen molar-refractivity contribution in [2.24, 2.45) is 5.92 Å². The molecular weight excluding hydrogens is 202 g/mol. The number of carbonyl (C=O) groups excluding carboxylic acids is 1. The second-order valence-electron chi connectivity index (χ2n) is 4.48. The predicted molar refractivity (Wildman–Crippen MR) is 61.9 cm³/mol. The standard InChI is InChI=1S/C13H17NO2/c1-9(2)12-13(15)16-8-11(14-12)10-6-4-3-5-7-10/h3-7,9,11-12,14H,8H2,1-2H3/t11-,12-/m0/s1. The predicted octanol–water partition coefficient (Wildman–Crippen LogP) is 1.90. The molecule has 2 atom stereocenters. The fourth-order valence-corrected chi connectivity index (χ4v) is 1.93. The van der Waals surface area contributed by atoms with Crippen LogP contribution < -0.4 is 5.32 Å². The zero-order chi connectivity index (χ0) is 11.5. The highest BCUT2D eigenvalue weighted by Crippen LogP contribution is 2.20. The number of benzene rings is 1. The van der Waals surface area contributed by atoms with Crippen LogP contribution in [0.25, 0.3) is 0 Å². The topological polar surface area (TPSA) is 38.3 Å². The number of ether oxygens (including phenoxy) is 1. The first-order valence-corrected chi connectivity index (χ1v) is 5.66. The fourth-order valence-electron chi connectivity index (χ4n) is 1.93. The molecule has 0 saturated carbocycles. The van der Waals surface area contributed by atoms with E-state index >= 15 is 0 Å². The summed E-state index contributed by atoms with van der Waals surface area (Å²) in [7, 11) is 0. The summed E-state index contributed by atoms with van der Waals surface area (Å²) in [5.41, 5.74) is 1.17. The second-order valence-corrected chi connectivity index (χ2v) is 4.48. The minimum absolute atomic E-state index is 0.117. The maximum atomic E-state index is 11.5. The van der Waals surface area contributed by atoms with Gasteiger partial charge in [0.1, 0.15) is 12.6 Å². The van der Waals surface area contributed by atoms with Crippen LogP contribution in [0.15, 0.2) is 30.3 Å². The van der Waals surface area contributed by atoms with Gasteiger partial charge in [-0.1, -0.05) is 44.2 Å². The summed E-state index contributed by atoms with van der Waals surface area (Å²) >= 11 is 0. The molecule has 2 rings (SSSR count). The molecule has 16 heavy (non-hydrogen) atoms. The van der Waals surface area contributed by atoms with E-state index in [9.17, 15) is 4.79 Å². The van der Waals surface area contributed by atoms with Crippen molar-refractivity contribution in [3.8, 4) is 0 Å². The van der Waals surface area contributed by atoms with Crippen LogP contribution in [0, 0.1) is 5.92 Å². The van der Waals surface area contributed by atoms with Crippen molar-refractivity contribution < 1.29 is 9.53 Å². The van der Waals surface area contributed by atoms with Crippen LogP contribution >= 0.6 is 0 Å². The van der Waals surface area contributed by atoms with Gasteiger partial charge >= 0.3 is 5.97 Å². The van der Waals surface area contributed by atoms with E-state index in [1.165, 1.54) is 5.56 Å². The molecule has 86 valence electrons. The quantitative estimate of drug-likeness (QED) is 0.772. The van der Waals surface area contributed by atoms with Gasteiger partial charge in [0.25, 0.3) is 0 Å². The first-order valence-electron chi connectivity index (χ1n) is 5.66. The number of carbonyl (C=O) groups is 1. The summed E-state index contributed by atoms with van der Waals surface area (Å²) in [6.07, 6.45) is 0. The number of esters is 1. The molecule has 0 aromatic heterocycles. The first-order chi connectivity index (χ1) is 7.68. The molecule has 0 amide bonds. The molecule has 1 aromatic carbocycles. The van der Waals surface area contributed by atoms with Crippen LogP contribution in [-0.4, -0.2) is 18.6 Å². The van der Waals surface area contributed by atoms with Gasteiger partial charge in [-0.3, -0.25) is 10.1 Å². The third-order valence-electron chi connectivity index (χ3n) is 2.90. The van der Waals surface area contributed by atoms with Gasteiger partial charge in [-0.2, -0.15) is 0 Å². The lowest BCUT2D eigenvalue weighted by Crippen LogP contribution is -2.50. The fraction of sp³-hybridized carbons (Fsp3) is 0.462. The monoisotopic (exact) mass is 219 g/mol. The van der Waals surface area contributed by atoms with Crippen molar-refractivity contribution in [2.45, 2.75) is 25.9 Å². The summed E-state index contributed by atoms with van der Waals surface area (Å²) < 4.78 is 5.22. The first kappa shape index (κ1) is 11.1. The lowest BCUT2D eigenvalue weighted by molar-refractivity contribution is -0.153. The Morgan fingerprint density at radius 3 is 2.62 bits per heavy atom. The summed E-state index contributed by atoms with van der Waals surface area (Å²) in [4.78, 5) is 11.5. The molecule has 1 N–H and O–H groups in total. The van der Waals surface area contributed by atoms with Crippen LogP contribution in [0.1, 0.15) is 25.5 Å². The molecule has 1 aliphatic rings. The molecule has 3 heteroatoms. The molecule has 1 saturated heterocycles. The lowest BCUT2D eigenvalue weighted by atomic mass is 9.99. The molecule has 0 unspecified atom stereocenters. The van der Waals surface area contributed by atoms with Crippen molar-refractivity contribution in [3.63, 3.8) is 0 Å². The third kappa shape index (κ3) is 2.25. The highest BCUT2D eigenvalue weighted by atomic mass is 16.5. The van der Waals surface area contributed by atoms with Crippen molar-refractivity contribution in [2.75, 3.05) is 6.61 Å². The highest BCUT2D eigenvalue weighted by Gasteiger charge is 2.32. The smallest absolute Gasteiger partial charge is 0.323 e. The normalized spacial score (nSPS) is 25.6. The Bertz CT molecular complexity index is 361. The SMILES string of the molecule is CC(C)[C@@H]1N[C@H](c2ccccc2)COC1=O. The van der Waals surface area contributed by atoms with Crippen molar-refractivity contribution in [1.82, 2.24) is 5.32 Å². The van der Waals surface area contributed by atoms with Gasteiger partial charge in [0, 0.05) is 0 Å². The molecule has 0 bridgehead atoms. The number of nitrogens with one attached hydrogen (secondary N) is 1. The minimum atomic E-state index is -0.195. The van der Waals surface area contributed by atoms with Gasteiger partial charge < -0.3 is 4.74 Å². The summed E-state index contributed by atoms with van der Waals surface area (Å²) in [6, 6.07) is 10.0. The van der Waals surface area contributed by atoms with Crippen LogP contribution in [0.5, 0.6) is 0 Å². The number of cyclic esters (lactones) is 1. The number of morpholine rings is 1. The van der Waals surface area contributed by atoms with Crippen LogP contribution in [0.4, 0.5) is 0 Å². The average molecular weight is 219 g/mol. The van der Waals surface area contributed by atoms with Gasteiger partial charge in [-0.25, -0.2) is 0 Å². The van der Waals surface area contributed by atoms with Crippen molar-refractivity contribution in [1.29, 1.82) is 0 Å². The Hall–Kier alpha value is -1.35. The van der Waals surface area contributed by atoms with Crippen LogP contribution in [-0.2, 0) is 9.53 Å². The molecule has 1 aromatic rings. The molecular formula is C13H17NO2. The average Bonchev–Trinajstić information content (AvgIpc) is 2.30. The molecule has 3 nitrogen and oxygen atoms in total. The van der Waals surface area contributed by atoms with E-state index in [0.717, 1.165) is 0 Å². The molecule has 0 radical (unpaired) electrons. The summed E-state index contributed by atoms with van der Waals surface area (Å²) in [5, 5.41) is 3.34. The lowest BCUT2D eigenvalue weighted by Gasteiger charge is -2.32. The zero-order valence-electron chi connectivity index (χ0n) is 9.64. The van der Waals surface area contributed by atoms with E-state index in [1.54, 1.807) is 0 Å². The van der Waals surface area contributed by atoms with E-state index in [4.69, 9.17) is 4.74 Å². The summed E-state index contributed by atoms with van der Waals surface area (Å²) in [5.74, 6) is 0.112. The van der Waals surface area contributed by atoms with Gasteiger partial charge in [-0.05, 0) is 11.5 Å². The maximum absolute atomic E-state index is 11.5. The molecule has 1 fully saturated rings. The van der Waals surface area contributed by atoms with Gasteiger partial charge in [0.2, 0.25) is 0 Å². The number of hydrogen-bond donors (Lipinski definition) is 1. The zero-order valence-corrected chi connectivity index (χ0v) is 9.64. The number of hydrogen-bond acceptors (Lipinski definition) is 3. The van der Waals surface area contributed by atoms with Gasteiger partial charge in [0.05, 0.1) is 6.04 Å². The Morgan fingerprint density at radius 2 is 2.00 bits per heavy atom. The van der Waals surface area contributed by atoms with E-state index in [2.05, 4.69) is 5.32 Å². The Morgan fingerprint density at radius 1 is 1.31 bits per heavy atom.